The molecule has 2 unspecified atom stereocenters. The minimum Gasteiger partial charge on any atom is -0.489 e. The molecule has 1 saturated carbocycles. The van der Waals surface area contributed by atoms with Crippen LogP contribution in [0.4, 0.5) is 32.3 Å². The summed E-state index contributed by atoms with van der Waals surface area (Å²) in [7, 11) is 0. The van der Waals surface area contributed by atoms with Crippen LogP contribution in [-0.4, -0.2) is 133 Å². The largest absolute Gasteiger partial charge is 0.489 e. The number of amides is 8. The summed E-state index contributed by atoms with van der Waals surface area (Å²) in [5, 5.41) is 25.5. The smallest absolute Gasteiger partial charge is 0.315 e. The molecular weight excluding hydrogens is 1240 g/mol. The summed E-state index contributed by atoms with van der Waals surface area (Å²) in [6, 6.07) is 21.1. The third-order valence-electron chi connectivity index (χ3n) is 16.3. The van der Waals surface area contributed by atoms with Crippen LogP contribution in [-0.2, 0) is 28.7 Å². The zero-order valence-corrected chi connectivity index (χ0v) is 55.4. The van der Waals surface area contributed by atoms with E-state index in [2.05, 4.69) is 42.5 Å². The number of anilines is 4. The minimum atomic E-state index is -0.330. The fourth-order valence-corrected chi connectivity index (χ4v) is 14.3. The van der Waals surface area contributed by atoms with Gasteiger partial charge in [0.05, 0.1) is 48.8 Å². The number of unbranched alkanes of at least 4 members (excludes halogenated alkanes) is 2. The minimum absolute atomic E-state index is 0.0668. The Morgan fingerprint density at radius 3 is 1.43 bits per heavy atom. The van der Waals surface area contributed by atoms with Crippen molar-refractivity contribution in [1.82, 2.24) is 21.3 Å². The van der Waals surface area contributed by atoms with Gasteiger partial charge in [-0.2, -0.15) is 23.5 Å². The van der Waals surface area contributed by atoms with Crippen LogP contribution in [0.5, 0.6) is 11.5 Å². The van der Waals surface area contributed by atoms with E-state index in [1.807, 2.05) is 37.4 Å². The normalized spacial score (nSPS) is 19.4. The molecule has 8 N–H and O–H groups in total. The van der Waals surface area contributed by atoms with E-state index in [-0.39, 0.29) is 90.6 Å². The maximum Gasteiger partial charge on any atom is 0.315 e. The lowest BCUT2D eigenvalue weighted by atomic mass is 10.0. The van der Waals surface area contributed by atoms with Gasteiger partial charge in [0.2, 0.25) is 11.8 Å². The highest BCUT2D eigenvalue weighted by molar-refractivity contribution is 8.00. The lowest BCUT2D eigenvalue weighted by molar-refractivity contribution is -0.120. The quantitative estimate of drug-likeness (QED) is 0.0157. The molecule has 5 fully saturated rings. The van der Waals surface area contributed by atoms with Gasteiger partial charge in [0.25, 0.3) is 11.8 Å². The number of hydrogen-bond acceptors (Lipinski definition) is 14. The summed E-state index contributed by atoms with van der Waals surface area (Å²) in [4.78, 5) is 98.6. The SMILES string of the molecule is Cc1cc(NC(=O)c2ccc(OCCOCCCC(=O)CCCCC3SC[C@H]4NC(=O)N[C@H]34)c(NC(=O)C(C)C)c2)ccc1Cl.Cc1cc(NC(=O)c2ccc(OCCOCCCC(=O)CCCCC3SC[C@H]4NC(=O)N[C@H]34)c(NC(=O)CC3CC3)c2)ccc1Cl. The number of fused-ring (bicyclic) bond motifs is 2. The lowest BCUT2D eigenvalue weighted by Gasteiger charge is -2.16. The number of carbonyl (C=O) groups is 8. The Kier molecular flexibility index (Phi) is 27.4. The first-order valence-corrected chi connectivity index (χ1v) is 34.6. The molecule has 0 radical (unpaired) electrons. The van der Waals surface area contributed by atoms with Crippen LogP contribution in [0, 0.1) is 25.7 Å². The van der Waals surface area contributed by atoms with E-state index in [4.69, 9.17) is 42.1 Å². The fourth-order valence-electron chi connectivity index (χ4n) is 10.9. The predicted molar refractivity (Wildman–Crippen MR) is 360 cm³/mol. The van der Waals surface area contributed by atoms with Gasteiger partial charge in [-0.15, -0.1) is 0 Å². The first-order valence-electron chi connectivity index (χ1n) is 31.7. The molecule has 0 aromatic heterocycles. The molecule has 4 aliphatic heterocycles. The van der Waals surface area contributed by atoms with Crippen LogP contribution in [0.25, 0.3) is 0 Å². The summed E-state index contributed by atoms with van der Waals surface area (Å²) in [5.41, 5.74) is 4.52. The van der Waals surface area contributed by atoms with Crippen molar-refractivity contribution in [3.8, 4) is 11.5 Å². The molecule has 0 bridgehead atoms. The number of hydrogen-bond donors (Lipinski definition) is 8. The summed E-state index contributed by atoms with van der Waals surface area (Å²) in [5.74, 6) is 2.49. The number of Topliss-reactive ketones (excluding diaryl/α,β-unsaturated/α-hetero) is 2. The van der Waals surface area contributed by atoms with Gasteiger partial charge in [-0.3, -0.25) is 28.8 Å². The average molecular weight is 1330 g/mol. The molecule has 20 nitrogen and oxygen atoms in total. The second-order valence-electron chi connectivity index (χ2n) is 24.0. The van der Waals surface area contributed by atoms with Crippen LogP contribution in [0.2, 0.25) is 10.0 Å². The first kappa shape index (κ1) is 70.3. The molecule has 9 rings (SSSR count). The van der Waals surface area contributed by atoms with E-state index >= 15 is 0 Å². The summed E-state index contributed by atoms with van der Waals surface area (Å²) in [6.07, 6.45) is 11.7. The topological polar surface area (TPSA) is 270 Å². The number of nitrogens with one attached hydrogen (secondary N) is 8. The highest BCUT2D eigenvalue weighted by atomic mass is 35.5. The highest BCUT2D eigenvalue weighted by Crippen LogP contribution is 2.36. The Morgan fingerprint density at radius 2 is 0.989 bits per heavy atom. The number of ketones is 2. The van der Waals surface area contributed by atoms with Crippen molar-refractivity contribution in [3.63, 3.8) is 0 Å². The van der Waals surface area contributed by atoms with Crippen molar-refractivity contribution >= 4 is 117 Å². The van der Waals surface area contributed by atoms with Crippen molar-refractivity contribution in [2.24, 2.45) is 11.8 Å². The maximum absolute atomic E-state index is 13.0. The van der Waals surface area contributed by atoms with Crippen LogP contribution >= 0.6 is 46.7 Å². The molecule has 91 heavy (non-hydrogen) atoms. The van der Waals surface area contributed by atoms with Gasteiger partial charge in [-0.05, 0) is 155 Å². The van der Waals surface area contributed by atoms with Crippen LogP contribution in [0.1, 0.15) is 142 Å². The molecule has 24 heteroatoms. The second kappa shape index (κ2) is 35.5. The number of thioether (sulfide) groups is 2. The van der Waals surface area contributed by atoms with Crippen LogP contribution < -0.4 is 52.0 Å². The molecule has 4 aromatic carbocycles. The predicted octanol–water partition coefficient (Wildman–Crippen LogP) is 12.1. The summed E-state index contributed by atoms with van der Waals surface area (Å²) < 4.78 is 23.2. The molecule has 8 amide bonds. The molecular formula is C67H86Cl2N8O12S2. The van der Waals surface area contributed by atoms with Gasteiger partial charge in [0, 0.05) is 106 Å². The van der Waals surface area contributed by atoms with Crippen LogP contribution in [0.3, 0.4) is 0 Å². The van der Waals surface area contributed by atoms with E-state index in [1.165, 1.54) is 0 Å². The number of benzene rings is 4. The van der Waals surface area contributed by atoms with E-state index in [9.17, 15) is 38.4 Å². The Hall–Kier alpha value is -6.56. The Balaban J connectivity index is 0.000000235. The third-order valence-corrected chi connectivity index (χ3v) is 20.1. The molecule has 4 saturated heterocycles. The van der Waals surface area contributed by atoms with Crippen molar-refractivity contribution in [1.29, 1.82) is 0 Å². The molecule has 6 atom stereocenters. The monoisotopic (exact) mass is 1330 g/mol. The number of carbonyl (C=O) groups excluding carboxylic acids is 8. The van der Waals surface area contributed by atoms with Crippen molar-refractivity contribution in [2.75, 3.05) is 72.4 Å². The molecule has 0 spiro atoms. The Morgan fingerprint density at radius 1 is 0.538 bits per heavy atom. The summed E-state index contributed by atoms with van der Waals surface area (Å²) in [6.45, 7) is 9.34. The van der Waals surface area contributed by atoms with Gasteiger partial charge < -0.3 is 61.5 Å². The standard InChI is InChI=1S/C34H43ClN4O6S.C33H43ClN4O6S/c1-21-17-24(11-12-26(21)35)36-33(42)23-10-13-29(27(19-23)37-31(41)18-22-8-9-22)45-16-15-44-14-4-6-25(40)5-2-3-7-30-32-28(20-46-30)38-34(43)39-32;1-20(2)31(40)36-26-18-22(32(41)35-23-11-12-25(34)21(3)17-23)10-13-28(26)44-16-15-43-14-6-8-24(39)7-4-5-9-29-30-27(19-45-29)37-33(42)38-30/h10-13,17,19,22,28,30,32H,2-9,14-16,18,20H2,1H3,(H,36,42)(H,37,41)(H2,38,39,43);10-13,17-18,20,27,29-30H,4-9,14-16,19H2,1-3H3,(H,35,41)(H,36,40)(H2,37,38,42)/t28-,30?,32+;27-,29?,30+/m11/s1. The van der Waals surface area contributed by atoms with Crippen molar-refractivity contribution < 1.29 is 57.3 Å². The van der Waals surface area contributed by atoms with E-state index in [0.29, 0.717) is 143 Å². The van der Waals surface area contributed by atoms with Crippen LogP contribution in [0.15, 0.2) is 72.8 Å². The fraction of sp³-hybridized carbons (Fsp3) is 0.522. The number of halogens is 2. The summed E-state index contributed by atoms with van der Waals surface area (Å²) >= 11 is 16.0. The number of urea groups is 2. The van der Waals surface area contributed by atoms with Crippen molar-refractivity contribution in [3.05, 3.63) is 105 Å². The number of aryl methyl sites for hydroxylation is 2. The van der Waals surface area contributed by atoms with Crippen molar-refractivity contribution in [2.45, 2.75) is 159 Å². The molecule has 4 heterocycles. The second-order valence-corrected chi connectivity index (χ2v) is 27.4. The maximum atomic E-state index is 13.0. The zero-order chi connectivity index (χ0) is 64.8. The third kappa shape index (κ3) is 22.6. The number of ether oxygens (including phenoxy) is 4. The lowest BCUT2D eigenvalue weighted by Crippen LogP contribution is -2.36. The first-order chi connectivity index (χ1) is 43.8. The zero-order valence-electron chi connectivity index (χ0n) is 52.3. The molecule has 492 valence electrons. The average Bonchev–Trinajstić information content (AvgIpc) is 2.08. The van der Waals surface area contributed by atoms with E-state index in [1.54, 1.807) is 86.6 Å². The highest BCUT2D eigenvalue weighted by Gasteiger charge is 2.43. The van der Waals surface area contributed by atoms with Gasteiger partial charge in [0.15, 0.2) is 0 Å². The molecule has 5 aliphatic rings. The Bertz CT molecular complexity index is 3210. The van der Waals surface area contributed by atoms with Gasteiger partial charge in [-0.25, -0.2) is 9.59 Å². The Labute approximate surface area is 551 Å². The molecule has 4 aromatic rings. The van der Waals surface area contributed by atoms with Gasteiger partial charge in [0.1, 0.15) is 36.3 Å². The van der Waals surface area contributed by atoms with E-state index in [0.717, 1.165) is 74.0 Å². The van der Waals surface area contributed by atoms with E-state index < -0.39 is 0 Å². The van der Waals surface area contributed by atoms with Gasteiger partial charge in [-0.1, -0.05) is 49.9 Å². The number of rotatable bonds is 35. The van der Waals surface area contributed by atoms with Gasteiger partial charge >= 0.3 is 12.1 Å². The molecule has 1 aliphatic carbocycles.